The zero-order valence-electron chi connectivity index (χ0n) is 14.6. The standard InChI is InChI=1S/C18H19N5O2/c1-9-8-19-23(4)17(9)14-6-12(7-15-16(14)21-18(24)20-15)13-5-10(2)22-25-11(13)3/h6-8H,5H2,1-4H3,(H2,20,21,24). The fraction of sp³-hybridized carbons (Fsp3) is 0.278. The molecule has 25 heavy (non-hydrogen) atoms. The summed E-state index contributed by atoms with van der Waals surface area (Å²) in [6.07, 6.45) is 2.54. The van der Waals surface area contributed by atoms with Gasteiger partial charge in [0.25, 0.3) is 0 Å². The molecule has 1 aliphatic heterocycles. The summed E-state index contributed by atoms with van der Waals surface area (Å²) in [5.74, 6) is 0.774. The minimum atomic E-state index is -0.225. The molecule has 3 heterocycles. The summed E-state index contributed by atoms with van der Waals surface area (Å²) in [5.41, 5.74) is 7.26. The van der Waals surface area contributed by atoms with Crippen molar-refractivity contribution < 1.29 is 4.84 Å². The Hall–Kier alpha value is -3.09. The molecule has 0 atom stereocenters. The monoisotopic (exact) mass is 337 g/mol. The van der Waals surface area contributed by atoms with Crippen LogP contribution < -0.4 is 5.69 Å². The maximum Gasteiger partial charge on any atom is 0.323 e. The van der Waals surface area contributed by atoms with Crippen molar-refractivity contribution in [3.05, 3.63) is 45.7 Å². The van der Waals surface area contributed by atoms with Crippen molar-refractivity contribution >= 4 is 22.3 Å². The van der Waals surface area contributed by atoms with Gasteiger partial charge in [-0.15, -0.1) is 0 Å². The number of nitrogens with zero attached hydrogens (tertiary/aromatic N) is 3. The number of aromatic nitrogens is 4. The van der Waals surface area contributed by atoms with Gasteiger partial charge in [0, 0.05) is 24.6 Å². The zero-order valence-corrected chi connectivity index (χ0v) is 14.6. The molecule has 0 unspecified atom stereocenters. The van der Waals surface area contributed by atoms with E-state index < -0.39 is 0 Å². The van der Waals surface area contributed by atoms with Gasteiger partial charge in [0.2, 0.25) is 0 Å². The normalized spacial score (nSPS) is 14.8. The Morgan fingerprint density at radius 1 is 1.20 bits per heavy atom. The third kappa shape index (κ3) is 2.48. The highest BCUT2D eigenvalue weighted by molar-refractivity contribution is 5.98. The van der Waals surface area contributed by atoms with E-state index in [0.717, 1.165) is 56.9 Å². The first-order valence-electron chi connectivity index (χ1n) is 8.09. The lowest BCUT2D eigenvalue weighted by molar-refractivity contribution is 0.226. The summed E-state index contributed by atoms with van der Waals surface area (Å²) in [5, 5.41) is 8.37. The molecule has 0 fully saturated rings. The predicted octanol–water partition coefficient (Wildman–Crippen LogP) is 3.09. The zero-order chi connectivity index (χ0) is 17.7. The van der Waals surface area contributed by atoms with Crippen LogP contribution in [0.2, 0.25) is 0 Å². The highest BCUT2D eigenvalue weighted by Crippen LogP contribution is 2.35. The molecule has 7 heteroatoms. The SMILES string of the molecule is CC1=NOC(C)=C(c2cc(-c3c(C)cnn3C)c3[nH]c(=O)[nH]c3c2)C1. The number of aryl methyl sites for hydroxylation is 2. The fourth-order valence-electron chi connectivity index (χ4n) is 3.36. The maximum absolute atomic E-state index is 11.9. The van der Waals surface area contributed by atoms with E-state index in [2.05, 4.69) is 26.3 Å². The van der Waals surface area contributed by atoms with Crippen LogP contribution in [0.5, 0.6) is 0 Å². The van der Waals surface area contributed by atoms with Crippen molar-refractivity contribution in [1.82, 2.24) is 19.7 Å². The summed E-state index contributed by atoms with van der Waals surface area (Å²) < 4.78 is 1.82. The number of hydrogen-bond acceptors (Lipinski definition) is 4. The van der Waals surface area contributed by atoms with Crippen molar-refractivity contribution in [2.75, 3.05) is 0 Å². The van der Waals surface area contributed by atoms with Gasteiger partial charge in [-0.2, -0.15) is 5.10 Å². The Kier molecular flexibility index (Phi) is 3.38. The van der Waals surface area contributed by atoms with Crippen LogP contribution in [-0.4, -0.2) is 25.5 Å². The summed E-state index contributed by atoms with van der Waals surface area (Å²) in [7, 11) is 1.90. The van der Waals surface area contributed by atoms with Crippen LogP contribution in [0.25, 0.3) is 27.9 Å². The number of H-pyrrole nitrogens is 2. The topological polar surface area (TPSA) is 88.1 Å². The molecule has 0 radical (unpaired) electrons. The molecule has 0 bridgehead atoms. The molecule has 0 saturated heterocycles. The molecule has 1 aliphatic rings. The van der Waals surface area contributed by atoms with Crippen molar-refractivity contribution in [2.24, 2.45) is 12.2 Å². The molecule has 0 saturated carbocycles. The third-order valence-corrected chi connectivity index (χ3v) is 4.55. The molecule has 1 aromatic carbocycles. The van der Waals surface area contributed by atoms with E-state index >= 15 is 0 Å². The maximum atomic E-state index is 11.9. The molecule has 4 rings (SSSR count). The number of nitrogens with one attached hydrogen (secondary N) is 2. The lowest BCUT2D eigenvalue weighted by Gasteiger charge is -2.17. The van der Waals surface area contributed by atoms with E-state index in [-0.39, 0.29) is 5.69 Å². The van der Waals surface area contributed by atoms with E-state index in [9.17, 15) is 4.79 Å². The molecular weight excluding hydrogens is 318 g/mol. The number of hydrogen-bond donors (Lipinski definition) is 2. The van der Waals surface area contributed by atoms with Gasteiger partial charge in [-0.1, -0.05) is 5.16 Å². The number of allylic oxidation sites excluding steroid dienone is 2. The molecule has 2 aromatic heterocycles. The van der Waals surface area contributed by atoms with Gasteiger partial charge in [0.05, 0.1) is 28.6 Å². The summed E-state index contributed by atoms with van der Waals surface area (Å²) in [6, 6.07) is 4.06. The smallest absolute Gasteiger partial charge is 0.323 e. The number of benzene rings is 1. The van der Waals surface area contributed by atoms with Crippen molar-refractivity contribution in [1.29, 1.82) is 0 Å². The Morgan fingerprint density at radius 2 is 2.00 bits per heavy atom. The van der Waals surface area contributed by atoms with Crippen LogP contribution in [0.4, 0.5) is 0 Å². The van der Waals surface area contributed by atoms with Crippen LogP contribution in [0, 0.1) is 6.92 Å². The number of aromatic amines is 2. The lowest BCUT2D eigenvalue weighted by Crippen LogP contribution is -2.05. The average Bonchev–Trinajstić information content (AvgIpc) is 3.10. The third-order valence-electron chi connectivity index (χ3n) is 4.55. The van der Waals surface area contributed by atoms with Gasteiger partial charge in [-0.3, -0.25) is 4.68 Å². The van der Waals surface area contributed by atoms with Gasteiger partial charge in [-0.25, -0.2) is 4.79 Å². The first-order valence-corrected chi connectivity index (χ1v) is 8.09. The highest BCUT2D eigenvalue weighted by Gasteiger charge is 2.19. The first-order chi connectivity index (χ1) is 11.9. The van der Waals surface area contributed by atoms with Gasteiger partial charge < -0.3 is 14.8 Å². The van der Waals surface area contributed by atoms with Gasteiger partial charge in [0.15, 0.2) is 0 Å². The van der Waals surface area contributed by atoms with Crippen LogP contribution in [0.15, 0.2) is 34.0 Å². The Labute approximate surface area is 144 Å². The molecule has 128 valence electrons. The number of oxime groups is 1. The fourth-order valence-corrected chi connectivity index (χ4v) is 3.36. The Morgan fingerprint density at radius 3 is 2.72 bits per heavy atom. The van der Waals surface area contributed by atoms with Crippen molar-refractivity contribution in [2.45, 2.75) is 27.2 Å². The van der Waals surface area contributed by atoms with Crippen LogP contribution in [0.1, 0.15) is 31.4 Å². The van der Waals surface area contributed by atoms with Gasteiger partial charge in [-0.05, 0) is 44.0 Å². The summed E-state index contributed by atoms with van der Waals surface area (Å²) >= 11 is 0. The predicted molar refractivity (Wildman–Crippen MR) is 97.3 cm³/mol. The minimum absolute atomic E-state index is 0.225. The first kappa shape index (κ1) is 15.4. The Balaban J connectivity index is 2.01. The molecule has 0 amide bonds. The minimum Gasteiger partial charge on any atom is -0.362 e. The van der Waals surface area contributed by atoms with Crippen molar-refractivity contribution in [3.63, 3.8) is 0 Å². The van der Waals surface area contributed by atoms with Gasteiger partial charge in [0.1, 0.15) is 5.76 Å². The summed E-state index contributed by atoms with van der Waals surface area (Å²) in [4.78, 5) is 23.1. The lowest BCUT2D eigenvalue weighted by atomic mass is 9.95. The van der Waals surface area contributed by atoms with Crippen molar-refractivity contribution in [3.8, 4) is 11.3 Å². The number of imidazole rings is 1. The highest BCUT2D eigenvalue weighted by atomic mass is 16.6. The molecule has 7 nitrogen and oxygen atoms in total. The quantitative estimate of drug-likeness (QED) is 0.753. The molecule has 0 spiro atoms. The Bertz CT molecular complexity index is 1090. The second kappa shape index (κ2) is 5.47. The van der Waals surface area contributed by atoms with E-state index in [4.69, 9.17) is 4.84 Å². The summed E-state index contributed by atoms with van der Waals surface area (Å²) in [6.45, 7) is 5.86. The van der Waals surface area contributed by atoms with E-state index in [1.165, 1.54) is 0 Å². The average molecular weight is 337 g/mol. The molecular formula is C18H19N5O2. The van der Waals surface area contributed by atoms with Crippen LogP contribution in [0.3, 0.4) is 0 Å². The van der Waals surface area contributed by atoms with Gasteiger partial charge >= 0.3 is 5.69 Å². The van der Waals surface area contributed by atoms with Crippen LogP contribution >= 0.6 is 0 Å². The second-order valence-corrected chi connectivity index (χ2v) is 6.45. The number of fused-ring (bicyclic) bond motifs is 1. The van der Waals surface area contributed by atoms with E-state index in [1.807, 2.05) is 44.8 Å². The van der Waals surface area contributed by atoms with E-state index in [1.54, 1.807) is 0 Å². The molecule has 2 N–H and O–H groups in total. The van der Waals surface area contributed by atoms with E-state index in [0.29, 0.717) is 0 Å². The second-order valence-electron chi connectivity index (χ2n) is 6.45. The van der Waals surface area contributed by atoms with Crippen LogP contribution in [-0.2, 0) is 11.9 Å². The number of rotatable bonds is 2. The molecule has 0 aliphatic carbocycles. The largest absolute Gasteiger partial charge is 0.362 e. The molecule has 3 aromatic rings.